The highest BCUT2D eigenvalue weighted by Crippen LogP contribution is 2.34. The third-order valence-electron chi connectivity index (χ3n) is 5.17. The molecule has 1 atom stereocenters. The SMILES string of the molecule is CCc1ccc(C(=O)N2CCC[C@H]2c2nnc3n2CCCCC3)s1. The van der Waals surface area contributed by atoms with Crippen molar-refractivity contribution in [2.75, 3.05) is 6.54 Å². The quantitative estimate of drug-likeness (QED) is 0.855. The number of fused-ring (bicyclic) bond motifs is 1. The normalized spacial score (nSPS) is 20.9. The third kappa shape index (κ3) is 2.77. The second kappa shape index (κ2) is 6.67. The molecule has 1 amide bonds. The van der Waals surface area contributed by atoms with Crippen molar-refractivity contribution in [1.82, 2.24) is 19.7 Å². The average Bonchev–Trinajstić information content (AvgIpc) is 3.30. The van der Waals surface area contributed by atoms with Crippen molar-refractivity contribution in [3.05, 3.63) is 33.5 Å². The Kier molecular flexibility index (Phi) is 4.39. The molecule has 0 saturated carbocycles. The van der Waals surface area contributed by atoms with Crippen LogP contribution in [0, 0.1) is 0 Å². The van der Waals surface area contributed by atoms with Crippen LogP contribution in [0.4, 0.5) is 0 Å². The van der Waals surface area contributed by atoms with Gasteiger partial charge in [-0.3, -0.25) is 4.79 Å². The molecule has 0 bridgehead atoms. The van der Waals surface area contributed by atoms with Gasteiger partial charge >= 0.3 is 0 Å². The van der Waals surface area contributed by atoms with Crippen molar-refractivity contribution < 1.29 is 4.79 Å². The maximum Gasteiger partial charge on any atom is 0.264 e. The minimum absolute atomic E-state index is 0.0871. The van der Waals surface area contributed by atoms with Crippen LogP contribution in [0.15, 0.2) is 12.1 Å². The maximum atomic E-state index is 13.0. The van der Waals surface area contributed by atoms with Gasteiger partial charge in [-0.2, -0.15) is 0 Å². The molecule has 5 nitrogen and oxygen atoms in total. The maximum absolute atomic E-state index is 13.0. The van der Waals surface area contributed by atoms with Crippen molar-refractivity contribution in [3.63, 3.8) is 0 Å². The summed E-state index contributed by atoms with van der Waals surface area (Å²) in [6.45, 7) is 3.95. The first-order valence-electron chi connectivity index (χ1n) is 9.09. The Balaban J connectivity index is 1.61. The number of hydrogen-bond donors (Lipinski definition) is 0. The second-order valence-corrected chi connectivity index (χ2v) is 7.88. The Bertz CT molecular complexity index is 735. The number of rotatable bonds is 3. The van der Waals surface area contributed by atoms with Gasteiger partial charge in [0.2, 0.25) is 0 Å². The molecule has 4 heterocycles. The van der Waals surface area contributed by atoms with Crippen molar-refractivity contribution in [2.45, 2.75) is 64.5 Å². The number of likely N-dealkylation sites (tertiary alicyclic amines) is 1. The Morgan fingerprint density at radius 1 is 1.21 bits per heavy atom. The minimum Gasteiger partial charge on any atom is -0.328 e. The first-order valence-corrected chi connectivity index (χ1v) is 9.91. The molecular weight excluding hydrogens is 320 g/mol. The van der Waals surface area contributed by atoms with Crippen LogP contribution in [0.5, 0.6) is 0 Å². The van der Waals surface area contributed by atoms with Gasteiger partial charge in [0.25, 0.3) is 5.91 Å². The van der Waals surface area contributed by atoms with E-state index in [0.29, 0.717) is 0 Å². The molecule has 2 aromatic rings. The van der Waals surface area contributed by atoms with Crippen LogP contribution < -0.4 is 0 Å². The molecule has 1 saturated heterocycles. The summed E-state index contributed by atoms with van der Waals surface area (Å²) in [6, 6.07) is 4.14. The lowest BCUT2D eigenvalue weighted by Crippen LogP contribution is -2.31. The van der Waals surface area contributed by atoms with E-state index in [1.807, 2.05) is 11.0 Å². The first kappa shape index (κ1) is 15.8. The molecule has 4 rings (SSSR count). The van der Waals surface area contributed by atoms with E-state index in [2.05, 4.69) is 27.8 Å². The lowest BCUT2D eigenvalue weighted by molar-refractivity contribution is 0.0732. The monoisotopic (exact) mass is 344 g/mol. The predicted octanol–water partition coefficient (Wildman–Crippen LogP) is 3.61. The molecule has 0 unspecified atom stereocenters. The molecule has 24 heavy (non-hydrogen) atoms. The number of thiophene rings is 1. The predicted molar refractivity (Wildman–Crippen MR) is 94.3 cm³/mol. The summed E-state index contributed by atoms with van der Waals surface area (Å²) in [7, 11) is 0. The summed E-state index contributed by atoms with van der Waals surface area (Å²) >= 11 is 1.63. The zero-order valence-electron chi connectivity index (χ0n) is 14.2. The number of nitrogens with zero attached hydrogens (tertiary/aromatic N) is 4. The molecular formula is C18H24N4OS. The Morgan fingerprint density at radius 2 is 2.12 bits per heavy atom. The zero-order valence-corrected chi connectivity index (χ0v) is 15.0. The fourth-order valence-electron chi connectivity index (χ4n) is 3.86. The zero-order chi connectivity index (χ0) is 16.5. The lowest BCUT2D eigenvalue weighted by atomic mass is 10.2. The summed E-state index contributed by atoms with van der Waals surface area (Å²) in [5, 5.41) is 8.91. The fourth-order valence-corrected chi connectivity index (χ4v) is 4.76. The molecule has 0 radical (unpaired) electrons. The first-order chi connectivity index (χ1) is 11.8. The van der Waals surface area contributed by atoms with Crippen LogP contribution in [0.25, 0.3) is 0 Å². The summed E-state index contributed by atoms with van der Waals surface area (Å²) in [6.07, 6.45) is 7.67. The second-order valence-electron chi connectivity index (χ2n) is 6.71. The molecule has 2 aliphatic rings. The van der Waals surface area contributed by atoms with Crippen LogP contribution in [0.2, 0.25) is 0 Å². The Labute approximate surface area is 146 Å². The van der Waals surface area contributed by atoms with E-state index < -0.39 is 0 Å². The Morgan fingerprint density at radius 3 is 2.96 bits per heavy atom. The largest absolute Gasteiger partial charge is 0.328 e. The number of aromatic nitrogens is 3. The molecule has 0 aromatic carbocycles. The van der Waals surface area contributed by atoms with Crippen LogP contribution in [0.3, 0.4) is 0 Å². The highest BCUT2D eigenvalue weighted by Gasteiger charge is 2.35. The van der Waals surface area contributed by atoms with E-state index in [-0.39, 0.29) is 11.9 Å². The number of carbonyl (C=O) groups excluding carboxylic acids is 1. The number of hydrogen-bond acceptors (Lipinski definition) is 4. The van der Waals surface area contributed by atoms with Crippen molar-refractivity contribution in [1.29, 1.82) is 0 Å². The van der Waals surface area contributed by atoms with Gasteiger partial charge in [-0.25, -0.2) is 0 Å². The molecule has 2 aromatic heterocycles. The molecule has 0 aliphatic carbocycles. The van der Waals surface area contributed by atoms with Gasteiger partial charge in [0.05, 0.1) is 10.9 Å². The number of amides is 1. The van der Waals surface area contributed by atoms with Gasteiger partial charge in [-0.05, 0) is 44.2 Å². The van der Waals surface area contributed by atoms with Crippen LogP contribution >= 0.6 is 11.3 Å². The van der Waals surface area contributed by atoms with Gasteiger partial charge in [0, 0.05) is 24.4 Å². The number of carbonyl (C=O) groups is 1. The van der Waals surface area contributed by atoms with Gasteiger partial charge < -0.3 is 9.47 Å². The van der Waals surface area contributed by atoms with E-state index in [1.165, 1.54) is 24.1 Å². The molecule has 0 N–H and O–H groups in total. The standard InChI is InChI=1S/C18H24N4OS/c1-2-13-9-10-15(24-13)18(23)21-12-6-7-14(21)17-20-19-16-8-4-3-5-11-22(16)17/h9-10,14H,2-8,11-12H2,1H3/t14-/m0/s1. The van der Waals surface area contributed by atoms with E-state index in [0.717, 1.165) is 55.3 Å². The summed E-state index contributed by atoms with van der Waals surface area (Å²) in [5.74, 6) is 2.27. The highest BCUT2D eigenvalue weighted by atomic mass is 32.1. The highest BCUT2D eigenvalue weighted by molar-refractivity contribution is 7.14. The van der Waals surface area contributed by atoms with E-state index in [4.69, 9.17) is 0 Å². The van der Waals surface area contributed by atoms with Gasteiger partial charge in [0.15, 0.2) is 5.82 Å². The number of aryl methyl sites for hydroxylation is 2. The molecule has 6 heteroatoms. The van der Waals surface area contributed by atoms with Crippen LogP contribution in [-0.2, 0) is 19.4 Å². The summed E-state index contributed by atoms with van der Waals surface area (Å²) in [4.78, 5) is 17.1. The topological polar surface area (TPSA) is 51.0 Å². The molecule has 2 aliphatic heterocycles. The molecule has 128 valence electrons. The smallest absolute Gasteiger partial charge is 0.264 e. The average molecular weight is 344 g/mol. The van der Waals surface area contributed by atoms with Crippen molar-refractivity contribution in [3.8, 4) is 0 Å². The minimum atomic E-state index is 0.0871. The van der Waals surface area contributed by atoms with Crippen LogP contribution in [0.1, 0.15) is 71.3 Å². The van der Waals surface area contributed by atoms with E-state index in [9.17, 15) is 4.79 Å². The summed E-state index contributed by atoms with van der Waals surface area (Å²) < 4.78 is 2.29. The lowest BCUT2D eigenvalue weighted by Gasteiger charge is -2.24. The van der Waals surface area contributed by atoms with E-state index >= 15 is 0 Å². The van der Waals surface area contributed by atoms with Crippen molar-refractivity contribution in [2.24, 2.45) is 0 Å². The fraction of sp³-hybridized carbons (Fsp3) is 0.611. The summed E-state index contributed by atoms with van der Waals surface area (Å²) in [5.41, 5.74) is 0. The van der Waals surface area contributed by atoms with Crippen LogP contribution in [-0.4, -0.2) is 32.1 Å². The molecule has 1 fully saturated rings. The van der Waals surface area contributed by atoms with Gasteiger partial charge in [-0.1, -0.05) is 13.3 Å². The Hall–Kier alpha value is -1.69. The van der Waals surface area contributed by atoms with Crippen molar-refractivity contribution >= 4 is 17.2 Å². The molecule has 0 spiro atoms. The van der Waals surface area contributed by atoms with E-state index in [1.54, 1.807) is 11.3 Å². The third-order valence-corrected chi connectivity index (χ3v) is 6.39. The van der Waals surface area contributed by atoms with Gasteiger partial charge in [-0.15, -0.1) is 21.5 Å². The van der Waals surface area contributed by atoms with Gasteiger partial charge in [0.1, 0.15) is 5.82 Å².